The van der Waals surface area contributed by atoms with Gasteiger partial charge in [-0.05, 0) is 12.8 Å². The number of hydrogen-bond donors (Lipinski definition) is 0. The van der Waals surface area contributed by atoms with Gasteiger partial charge in [0.25, 0.3) is 0 Å². The summed E-state index contributed by atoms with van der Waals surface area (Å²) in [4.78, 5) is 14.3. The lowest BCUT2D eigenvalue weighted by molar-refractivity contribution is -0.125. The van der Waals surface area contributed by atoms with E-state index < -0.39 is 0 Å². The molecular formula is C13H25NO2. The molecule has 0 radical (unpaired) electrons. The van der Waals surface area contributed by atoms with Crippen LogP contribution in [0.15, 0.2) is 0 Å². The number of hydrogen-bond acceptors (Lipinski definition) is 3. The predicted molar refractivity (Wildman–Crippen MR) is 65.6 cm³/mol. The van der Waals surface area contributed by atoms with Gasteiger partial charge in [-0.3, -0.25) is 9.69 Å². The first-order valence-corrected chi connectivity index (χ1v) is 6.60. The van der Waals surface area contributed by atoms with Crippen LogP contribution in [-0.2, 0) is 9.53 Å². The summed E-state index contributed by atoms with van der Waals surface area (Å²) in [5, 5.41) is 0. The second-order valence-corrected chi connectivity index (χ2v) is 4.60. The van der Waals surface area contributed by atoms with Crippen LogP contribution in [0, 0.1) is 5.92 Å². The van der Waals surface area contributed by atoms with E-state index in [2.05, 4.69) is 18.7 Å². The topological polar surface area (TPSA) is 29.5 Å². The number of morpholine rings is 1. The molecule has 0 aromatic rings. The molecular weight excluding hydrogens is 202 g/mol. The zero-order chi connectivity index (χ0) is 11.8. The number of Topliss-reactive ketones (excluding diaryl/α,β-unsaturated/α-hetero) is 1. The van der Waals surface area contributed by atoms with E-state index in [0.717, 1.165) is 39.1 Å². The van der Waals surface area contributed by atoms with Crippen LogP contribution < -0.4 is 0 Å². The van der Waals surface area contributed by atoms with Crippen LogP contribution in [0.4, 0.5) is 0 Å². The number of rotatable bonds is 7. The second-order valence-electron chi connectivity index (χ2n) is 4.60. The summed E-state index contributed by atoms with van der Waals surface area (Å²) in [6.07, 6.45) is 4.41. The van der Waals surface area contributed by atoms with Crippen LogP contribution in [0.2, 0.25) is 0 Å². The normalized spacial score (nSPS) is 19.6. The number of ketones is 1. The number of carbonyl (C=O) groups excluding carboxylic acids is 1. The Morgan fingerprint density at radius 1 is 1.31 bits per heavy atom. The third-order valence-electron chi connectivity index (χ3n) is 3.34. The van der Waals surface area contributed by atoms with Gasteiger partial charge in [0.05, 0.1) is 19.8 Å². The van der Waals surface area contributed by atoms with Crippen molar-refractivity contribution in [1.29, 1.82) is 0 Å². The number of ether oxygens (including phenoxy) is 1. The fourth-order valence-corrected chi connectivity index (χ4v) is 2.15. The molecule has 0 aliphatic carbocycles. The molecule has 1 unspecified atom stereocenters. The summed E-state index contributed by atoms with van der Waals surface area (Å²) in [5.41, 5.74) is 0. The maximum atomic E-state index is 12.1. The lowest BCUT2D eigenvalue weighted by Gasteiger charge is -2.27. The molecule has 1 heterocycles. The summed E-state index contributed by atoms with van der Waals surface area (Å²) in [5.74, 6) is 0.709. The molecule has 3 heteroatoms. The molecule has 16 heavy (non-hydrogen) atoms. The van der Waals surface area contributed by atoms with Crippen LogP contribution in [-0.4, -0.2) is 43.5 Å². The Hall–Kier alpha value is -0.410. The summed E-state index contributed by atoms with van der Waals surface area (Å²) >= 11 is 0. The van der Waals surface area contributed by atoms with E-state index in [9.17, 15) is 4.79 Å². The monoisotopic (exact) mass is 227 g/mol. The molecule has 1 fully saturated rings. The highest BCUT2D eigenvalue weighted by Crippen LogP contribution is 2.14. The first-order chi connectivity index (χ1) is 7.77. The van der Waals surface area contributed by atoms with Crippen LogP contribution in [0.25, 0.3) is 0 Å². The van der Waals surface area contributed by atoms with Gasteiger partial charge in [0.15, 0.2) is 0 Å². The SMILES string of the molecule is CCCCC(CC)C(=O)CN1CCOCC1. The molecule has 0 spiro atoms. The molecule has 1 aliphatic heterocycles. The Morgan fingerprint density at radius 2 is 2.00 bits per heavy atom. The van der Waals surface area contributed by atoms with Crippen LogP contribution >= 0.6 is 0 Å². The fraction of sp³-hybridized carbons (Fsp3) is 0.923. The molecule has 0 bridgehead atoms. The highest BCUT2D eigenvalue weighted by Gasteiger charge is 2.20. The quantitative estimate of drug-likeness (QED) is 0.667. The average molecular weight is 227 g/mol. The summed E-state index contributed by atoms with van der Waals surface area (Å²) in [6.45, 7) is 8.31. The molecule has 0 N–H and O–H groups in total. The maximum Gasteiger partial charge on any atom is 0.149 e. The zero-order valence-electron chi connectivity index (χ0n) is 10.7. The third-order valence-corrected chi connectivity index (χ3v) is 3.34. The summed E-state index contributed by atoms with van der Waals surface area (Å²) < 4.78 is 5.28. The minimum absolute atomic E-state index is 0.280. The van der Waals surface area contributed by atoms with Crippen molar-refractivity contribution in [2.24, 2.45) is 5.92 Å². The lowest BCUT2D eigenvalue weighted by atomic mass is 9.94. The van der Waals surface area contributed by atoms with Gasteiger partial charge in [0.1, 0.15) is 5.78 Å². The molecule has 0 saturated carbocycles. The minimum Gasteiger partial charge on any atom is -0.379 e. The van der Waals surface area contributed by atoms with Crippen molar-refractivity contribution >= 4 is 5.78 Å². The average Bonchev–Trinajstić information content (AvgIpc) is 2.31. The molecule has 1 rings (SSSR count). The fourth-order valence-electron chi connectivity index (χ4n) is 2.15. The summed E-state index contributed by atoms with van der Waals surface area (Å²) in [7, 11) is 0. The Morgan fingerprint density at radius 3 is 2.56 bits per heavy atom. The predicted octanol–water partition coefficient (Wildman–Crippen LogP) is 2.10. The lowest BCUT2D eigenvalue weighted by Crippen LogP contribution is -2.41. The van der Waals surface area contributed by atoms with E-state index in [1.807, 2.05) is 0 Å². The van der Waals surface area contributed by atoms with Gasteiger partial charge in [-0.25, -0.2) is 0 Å². The molecule has 3 nitrogen and oxygen atoms in total. The van der Waals surface area contributed by atoms with E-state index in [0.29, 0.717) is 12.3 Å². The smallest absolute Gasteiger partial charge is 0.149 e. The largest absolute Gasteiger partial charge is 0.379 e. The van der Waals surface area contributed by atoms with Crippen molar-refractivity contribution in [3.8, 4) is 0 Å². The molecule has 1 saturated heterocycles. The summed E-state index contributed by atoms with van der Waals surface area (Å²) in [6, 6.07) is 0. The van der Waals surface area contributed by atoms with Gasteiger partial charge in [-0.15, -0.1) is 0 Å². The van der Waals surface area contributed by atoms with E-state index >= 15 is 0 Å². The molecule has 0 aromatic carbocycles. The highest BCUT2D eigenvalue weighted by atomic mass is 16.5. The van der Waals surface area contributed by atoms with Crippen LogP contribution in [0.1, 0.15) is 39.5 Å². The first kappa shape index (κ1) is 13.7. The molecule has 0 aromatic heterocycles. The Kier molecular flexibility index (Phi) is 6.65. The van der Waals surface area contributed by atoms with Gasteiger partial charge >= 0.3 is 0 Å². The zero-order valence-corrected chi connectivity index (χ0v) is 10.7. The van der Waals surface area contributed by atoms with Crippen molar-refractivity contribution in [1.82, 2.24) is 4.90 Å². The van der Waals surface area contributed by atoms with Crippen molar-refractivity contribution in [2.45, 2.75) is 39.5 Å². The second kappa shape index (κ2) is 7.80. The van der Waals surface area contributed by atoms with Gasteiger partial charge < -0.3 is 4.74 Å². The Bertz CT molecular complexity index is 200. The van der Waals surface area contributed by atoms with E-state index in [-0.39, 0.29) is 5.92 Å². The third kappa shape index (κ3) is 4.62. The standard InChI is InChI=1S/C13H25NO2/c1-3-5-6-12(4-2)13(15)11-14-7-9-16-10-8-14/h12H,3-11H2,1-2H3. The molecule has 94 valence electrons. The van der Waals surface area contributed by atoms with Crippen molar-refractivity contribution < 1.29 is 9.53 Å². The van der Waals surface area contributed by atoms with E-state index in [1.165, 1.54) is 12.8 Å². The molecule has 0 amide bonds. The minimum atomic E-state index is 0.280. The van der Waals surface area contributed by atoms with Gasteiger partial charge in [-0.2, -0.15) is 0 Å². The molecule has 1 atom stereocenters. The Balaban J connectivity index is 2.29. The van der Waals surface area contributed by atoms with Crippen LogP contribution in [0.5, 0.6) is 0 Å². The van der Waals surface area contributed by atoms with E-state index in [4.69, 9.17) is 4.74 Å². The highest BCUT2D eigenvalue weighted by molar-refractivity contribution is 5.82. The van der Waals surface area contributed by atoms with Gasteiger partial charge in [0.2, 0.25) is 0 Å². The molecule has 1 aliphatic rings. The number of unbranched alkanes of at least 4 members (excludes halogenated alkanes) is 1. The Labute approximate surface area is 99.1 Å². The van der Waals surface area contributed by atoms with Gasteiger partial charge in [-0.1, -0.05) is 26.7 Å². The van der Waals surface area contributed by atoms with Gasteiger partial charge in [0, 0.05) is 19.0 Å². The number of nitrogens with zero attached hydrogens (tertiary/aromatic N) is 1. The maximum absolute atomic E-state index is 12.1. The van der Waals surface area contributed by atoms with Crippen LogP contribution in [0.3, 0.4) is 0 Å². The van der Waals surface area contributed by atoms with Crippen molar-refractivity contribution in [2.75, 3.05) is 32.8 Å². The number of carbonyl (C=O) groups is 1. The van der Waals surface area contributed by atoms with Crippen molar-refractivity contribution in [3.63, 3.8) is 0 Å². The van der Waals surface area contributed by atoms with Crippen molar-refractivity contribution in [3.05, 3.63) is 0 Å². The first-order valence-electron chi connectivity index (χ1n) is 6.60. The van der Waals surface area contributed by atoms with E-state index in [1.54, 1.807) is 0 Å².